The second kappa shape index (κ2) is 7.99. The second-order valence-corrected chi connectivity index (χ2v) is 7.98. The number of benzene rings is 1. The molecule has 2 aromatic heterocycles. The number of hydrogen-bond donors (Lipinski definition) is 1. The molecule has 0 fully saturated rings. The van der Waals surface area contributed by atoms with E-state index >= 15 is 0 Å². The van der Waals surface area contributed by atoms with Crippen LogP contribution < -0.4 is 15.0 Å². The summed E-state index contributed by atoms with van der Waals surface area (Å²) in [5.74, 6) is 0.792. The average Bonchev–Trinajstić information content (AvgIpc) is 3.19. The summed E-state index contributed by atoms with van der Waals surface area (Å²) >= 11 is 0. The van der Waals surface area contributed by atoms with Crippen LogP contribution in [0.2, 0.25) is 0 Å². The highest BCUT2D eigenvalue weighted by atomic mass is 32.2. The lowest BCUT2D eigenvalue weighted by Crippen LogP contribution is -2.32. The van der Waals surface area contributed by atoms with E-state index in [4.69, 9.17) is 9.15 Å². The summed E-state index contributed by atoms with van der Waals surface area (Å²) in [6.07, 6.45) is 1.51. The van der Waals surface area contributed by atoms with E-state index in [-0.39, 0.29) is 29.3 Å². The normalized spacial score (nSPS) is 11.5. The van der Waals surface area contributed by atoms with Gasteiger partial charge >= 0.3 is 0 Å². The van der Waals surface area contributed by atoms with Gasteiger partial charge in [-0.2, -0.15) is 5.10 Å². The minimum Gasteiger partial charge on any atom is -0.495 e. The molecule has 148 valence electrons. The van der Waals surface area contributed by atoms with Gasteiger partial charge in [-0.15, -0.1) is 0 Å². The summed E-state index contributed by atoms with van der Waals surface area (Å²) in [6, 6.07) is 9.62. The first kappa shape index (κ1) is 19.8. The van der Waals surface area contributed by atoms with Crippen molar-refractivity contribution in [3.05, 3.63) is 64.1 Å². The van der Waals surface area contributed by atoms with Crippen LogP contribution in [0.1, 0.15) is 11.1 Å². The van der Waals surface area contributed by atoms with E-state index in [1.165, 1.54) is 24.1 Å². The maximum atomic E-state index is 12.7. The molecule has 0 radical (unpaired) electrons. The monoisotopic (exact) mass is 403 g/mol. The number of aryl methyl sites for hydroxylation is 2. The van der Waals surface area contributed by atoms with E-state index in [9.17, 15) is 13.2 Å². The lowest BCUT2D eigenvalue weighted by atomic mass is 10.1. The third-order valence-corrected chi connectivity index (χ3v) is 5.81. The lowest BCUT2D eigenvalue weighted by molar-refractivity contribution is 0.401. The molecule has 0 saturated heterocycles. The molecule has 0 aliphatic carbocycles. The fourth-order valence-electron chi connectivity index (χ4n) is 2.66. The van der Waals surface area contributed by atoms with E-state index < -0.39 is 10.0 Å². The van der Waals surface area contributed by atoms with Crippen molar-refractivity contribution in [2.75, 3.05) is 13.7 Å². The van der Waals surface area contributed by atoms with Crippen LogP contribution in [0, 0.1) is 13.8 Å². The fraction of sp³-hybridized carbons (Fsp3) is 0.263. The summed E-state index contributed by atoms with van der Waals surface area (Å²) < 4.78 is 39.6. The van der Waals surface area contributed by atoms with Crippen LogP contribution in [0.25, 0.3) is 11.5 Å². The van der Waals surface area contributed by atoms with Gasteiger partial charge in [0.15, 0.2) is 5.76 Å². The maximum Gasteiger partial charge on any atom is 0.266 e. The van der Waals surface area contributed by atoms with Gasteiger partial charge in [-0.3, -0.25) is 4.79 Å². The van der Waals surface area contributed by atoms with Crippen molar-refractivity contribution in [1.29, 1.82) is 0 Å². The average molecular weight is 403 g/mol. The zero-order valence-electron chi connectivity index (χ0n) is 15.8. The Morgan fingerprint density at radius 1 is 1.18 bits per heavy atom. The lowest BCUT2D eigenvalue weighted by Gasteiger charge is -2.13. The third-order valence-electron chi connectivity index (χ3n) is 4.33. The van der Waals surface area contributed by atoms with Crippen LogP contribution in [0.5, 0.6) is 5.75 Å². The van der Waals surface area contributed by atoms with Gasteiger partial charge in [0.1, 0.15) is 16.3 Å². The first-order valence-electron chi connectivity index (χ1n) is 8.59. The predicted octanol–water partition coefficient (Wildman–Crippen LogP) is 2.11. The third kappa shape index (κ3) is 4.15. The van der Waals surface area contributed by atoms with Gasteiger partial charge < -0.3 is 9.15 Å². The van der Waals surface area contributed by atoms with Crippen LogP contribution in [0.15, 0.2) is 56.8 Å². The highest BCUT2D eigenvalue weighted by molar-refractivity contribution is 7.89. The summed E-state index contributed by atoms with van der Waals surface area (Å²) in [6.45, 7) is 3.77. The number of furan rings is 1. The first-order chi connectivity index (χ1) is 13.3. The molecule has 28 heavy (non-hydrogen) atoms. The van der Waals surface area contributed by atoms with E-state index in [0.29, 0.717) is 11.5 Å². The van der Waals surface area contributed by atoms with Gasteiger partial charge in [-0.1, -0.05) is 0 Å². The van der Waals surface area contributed by atoms with Crippen LogP contribution in [0.3, 0.4) is 0 Å². The molecule has 0 spiro atoms. The van der Waals surface area contributed by atoms with Gasteiger partial charge in [0, 0.05) is 12.6 Å². The Kier molecular flexibility index (Phi) is 5.66. The minimum atomic E-state index is -3.82. The van der Waals surface area contributed by atoms with Crippen molar-refractivity contribution < 1.29 is 17.6 Å². The Bertz CT molecular complexity index is 1130. The SMILES string of the molecule is COc1cc(C)c(C)cc1S(=O)(=O)NCCn1nc(-c2ccco2)ccc1=O. The summed E-state index contributed by atoms with van der Waals surface area (Å²) in [5, 5.41) is 4.22. The maximum absolute atomic E-state index is 12.7. The molecule has 2 heterocycles. The van der Waals surface area contributed by atoms with Crippen molar-refractivity contribution in [3.8, 4) is 17.2 Å². The number of rotatable bonds is 7. The number of ether oxygens (including phenoxy) is 1. The Labute approximate surface area is 162 Å². The van der Waals surface area contributed by atoms with E-state index in [2.05, 4.69) is 9.82 Å². The summed E-state index contributed by atoms with van der Waals surface area (Å²) in [5.41, 5.74) is 1.92. The van der Waals surface area contributed by atoms with Crippen molar-refractivity contribution in [2.45, 2.75) is 25.3 Å². The van der Waals surface area contributed by atoms with E-state index in [1.54, 1.807) is 30.3 Å². The molecule has 8 nitrogen and oxygen atoms in total. The molecule has 0 unspecified atom stereocenters. The van der Waals surface area contributed by atoms with Gasteiger partial charge in [-0.05, 0) is 55.3 Å². The van der Waals surface area contributed by atoms with Crippen molar-refractivity contribution in [1.82, 2.24) is 14.5 Å². The molecule has 3 aromatic rings. The molecule has 3 rings (SSSR count). The zero-order chi connectivity index (χ0) is 20.3. The number of nitrogens with one attached hydrogen (secondary N) is 1. The first-order valence-corrected chi connectivity index (χ1v) is 10.1. The van der Waals surface area contributed by atoms with Gasteiger partial charge in [-0.25, -0.2) is 17.8 Å². The number of hydrogen-bond acceptors (Lipinski definition) is 6. The van der Waals surface area contributed by atoms with Crippen LogP contribution in [-0.4, -0.2) is 31.9 Å². The van der Waals surface area contributed by atoms with Crippen LogP contribution >= 0.6 is 0 Å². The largest absolute Gasteiger partial charge is 0.495 e. The van der Waals surface area contributed by atoms with Crippen LogP contribution in [0.4, 0.5) is 0 Å². The molecule has 1 aromatic carbocycles. The van der Waals surface area contributed by atoms with Crippen molar-refractivity contribution in [2.24, 2.45) is 0 Å². The highest BCUT2D eigenvalue weighted by Crippen LogP contribution is 2.27. The molecule has 0 bridgehead atoms. The van der Waals surface area contributed by atoms with Gasteiger partial charge in [0.2, 0.25) is 10.0 Å². The Hall–Kier alpha value is -2.91. The predicted molar refractivity (Wildman–Crippen MR) is 104 cm³/mol. The van der Waals surface area contributed by atoms with E-state index in [0.717, 1.165) is 11.1 Å². The van der Waals surface area contributed by atoms with Gasteiger partial charge in [0.25, 0.3) is 5.56 Å². The quantitative estimate of drug-likeness (QED) is 0.648. The molecular weight excluding hydrogens is 382 g/mol. The molecule has 0 aliphatic rings. The molecule has 0 aliphatic heterocycles. The number of sulfonamides is 1. The molecular formula is C19H21N3O5S. The van der Waals surface area contributed by atoms with Crippen molar-refractivity contribution in [3.63, 3.8) is 0 Å². The molecule has 0 atom stereocenters. The smallest absolute Gasteiger partial charge is 0.266 e. The number of methoxy groups -OCH3 is 1. The van der Waals surface area contributed by atoms with Gasteiger partial charge in [0.05, 0.1) is 19.9 Å². The number of nitrogens with zero attached hydrogens (tertiary/aromatic N) is 2. The Balaban J connectivity index is 1.77. The second-order valence-electron chi connectivity index (χ2n) is 6.24. The molecule has 0 saturated carbocycles. The van der Waals surface area contributed by atoms with E-state index in [1.807, 2.05) is 13.8 Å². The molecule has 1 N–H and O–H groups in total. The topological polar surface area (TPSA) is 103 Å². The summed E-state index contributed by atoms with van der Waals surface area (Å²) in [4.78, 5) is 12.1. The number of aromatic nitrogens is 2. The summed E-state index contributed by atoms with van der Waals surface area (Å²) in [7, 11) is -2.39. The Morgan fingerprint density at radius 3 is 2.61 bits per heavy atom. The highest BCUT2D eigenvalue weighted by Gasteiger charge is 2.20. The molecule has 9 heteroatoms. The van der Waals surface area contributed by atoms with Crippen LogP contribution in [-0.2, 0) is 16.6 Å². The molecule has 0 amide bonds. The fourth-order valence-corrected chi connectivity index (χ4v) is 3.92. The standard InChI is InChI=1S/C19H21N3O5S/c1-13-11-17(26-3)18(12-14(13)2)28(24,25)20-8-9-22-19(23)7-6-15(21-22)16-5-4-10-27-16/h4-7,10-12,20H,8-9H2,1-3H3. The minimum absolute atomic E-state index is 0.00702. The van der Waals surface area contributed by atoms with Crippen molar-refractivity contribution >= 4 is 10.0 Å². The zero-order valence-corrected chi connectivity index (χ0v) is 16.6. The Morgan fingerprint density at radius 2 is 1.93 bits per heavy atom.